The third-order valence-electron chi connectivity index (χ3n) is 3.89. The summed E-state index contributed by atoms with van der Waals surface area (Å²) in [6.07, 6.45) is -4.13. The summed E-state index contributed by atoms with van der Waals surface area (Å²) < 4.78 is 50.5. The van der Waals surface area contributed by atoms with Gasteiger partial charge < -0.3 is 34.5 Å². The Labute approximate surface area is 200 Å². The number of amides is 1. The molecule has 1 saturated heterocycles. The molecule has 1 fully saturated rings. The van der Waals surface area contributed by atoms with Crippen molar-refractivity contribution < 1.29 is 66.2 Å². The van der Waals surface area contributed by atoms with Crippen molar-refractivity contribution in [1.82, 2.24) is 4.90 Å². The Bertz CT molecular complexity index is 984. The number of aliphatic imine (C=N–C) groups is 3. The van der Waals surface area contributed by atoms with E-state index in [2.05, 4.69) is 28.1 Å². The molecule has 0 saturated carbocycles. The molecule has 7 atom stereocenters. The average molecular weight is 531 g/mol. The van der Waals surface area contributed by atoms with Crippen LogP contribution in [0.3, 0.4) is 0 Å². The molecule has 175 valence electrons. The number of hydrogen-bond acceptors (Lipinski definition) is 13. The Hall–Kier alpha value is -0.230. The van der Waals surface area contributed by atoms with Crippen LogP contribution in [0.1, 0.15) is 0 Å². The van der Waals surface area contributed by atoms with Crippen molar-refractivity contribution in [2.24, 2.45) is 15.0 Å². The Balaban J connectivity index is 0.00000363. The predicted molar refractivity (Wildman–Crippen MR) is 101 cm³/mol. The Morgan fingerprint density at radius 2 is 1.72 bits per heavy atom. The second-order valence-electron chi connectivity index (χ2n) is 6.08. The van der Waals surface area contributed by atoms with Crippen LogP contribution in [0.5, 0.6) is 0 Å². The smallest absolute Gasteiger partial charge is 0.387 e. The van der Waals surface area contributed by atoms with Crippen LogP contribution in [0.25, 0.3) is 0 Å². The zero-order chi connectivity index (χ0) is 23.2. The number of carbonyl (C=O) groups is 1. The molecule has 18 nitrogen and oxygen atoms in total. The second-order valence-corrected chi connectivity index (χ2v) is 10.5. The molecule has 0 bridgehead atoms. The normalized spacial score (nSPS) is 33.3. The number of phosphoric acid groups is 3. The number of amidine groups is 1. The average Bonchev–Trinajstić information content (AvgIpc) is 3.13. The van der Waals surface area contributed by atoms with Gasteiger partial charge in [0, 0.05) is 29.6 Å². The van der Waals surface area contributed by atoms with Crippen molar-refractivity contribution in [3.63, 3.8) is 0 Å². The van der Waals surface area contributed by atoms with Gasteiger partial charge in [-0.25, -0.2) is 18.7 Å². The van der Waals surface area contributed by atoms with Gasteiger partial charge in [-0.3, -0.25) is 19.2 Å². The summed E-state index contributed by atoms with van der Waals surface area (Å²) in [6, 6.07) is -1.06. The van der Waals surface area contributed by atoms with E-state index in [9.17, 15) is 33.6 Å². The first-order chi connectivity index (χ1) is 14.2. The fourth-order valence-corrected chi connectivity index (χ4v) is 5.73. The summed E-state index contributed by atoms with van der Waals surface area (Å²) in [4.78, 5) is 59.5. The van der Waals surface area contributed by atoms with Gasteiger partial charge in [0.2, 0.25) is 0 Å². The molecule has 0 spiro atoms. The van der Waals surface area contributed by atoms with Crippen LogP contribution in [0, 0.1) is 0 Å². The molecular formula is C10H15N4NaO14P3. The van der Waals surface area contributed by atoms with Crippen molar-refractivity contribution in [3.05, 3.63) is 0 Å². The van der Waals surface area contributed by atoms with Crippen LogP contribution >= 0.6 is 23.5 Å². The van der Waals surface area contributed by atoms with E-state index >= 15 is 0 Å². The van der Waals surface area contributed by atoms with Crippen LogP contribution in [-0.2, 0) is 36.4 Å². The summed E-state index contributed by atoms with van der Waals surface area (Å²) in [5.41, 5.74) is 0. The molecule has 0 aromatic heterocycles. The SMILES string of the molecule is O=C1N=CN=C2C1N=CN2C1OC(COP(=O)(O)OP(=O)(O)OP(=O)(O)O)C(O)C1O.[Na]. The largest absolute Gasteiger partial charge is 0.490 e. The van der Waals surface area contributed by atoms with Gasteiger partial charge in [0.25, 0.3) is 5.91 Å². The minimum absolute atomic E-state index is 0. The minimum atomic E-state index is -5.72. The number of ether oxygens (including phenoxy) is 1. The van der Waals surface area contributed by atoms with E-state index in [1.807, 2.05) is 0 Å². The van der Waals surface area contributed by atoms with Crippen molar-refractivity contribution >= 4 is 77.4 Å². The Morgan fingerprint density at radius 1 is 1.06 bits per heavy atom. The number of aliphatic hydroxyl groups is 2. The summed E-state index contributed by atoms with van der Waals surface area (Å²) in [7, 11) is -16.7. The standard InChI is InChI=1S/C10H15N4O14P3.Na/c15-6-4(1-25-30(21,22)28-31(23,24)27-29(18,19)20)26-10(7(6)16)14-3-13-5-8(14)11-2-12-9(5)17;/h2-7,10,15-16H,1H2,(H,21,22)(H,23,24)(H2,18,19,20);. The van der Waals surface area contributed by atoms with E-state index in [1.165, 1.54) is 0 Å². The Kier molecular flexibility index (Phi) is 8.91. The summed E-state index contributed by atoms with van der Waals surface area (Å²) in [6.45, 7) is -0.986. The zero-order valence-electron chi connectivity index (χ0n) is 15.8. The second kappa shape index (κ2) is 10.2. The molecule has 3 heterocycles. The first-order valence-electron chi connectivity index (χ1n) is 7.95. The molecule has 0 aromatic rings. The van der Waals surface area contributed by atoms with Crippen LogP contribution in [0.4, 0.5) is 0 Å². The van der Waals surface area contributed by atoms with E-state index < -0.39 is 66.6 Å². The molecule has 7 unspecified atom stereocenters. The van der Waals surface area contributed by atoms with Gasteiger partial charge in [-0.15, -0.1) is 0 Å². The van der Waals surface area contributed by atoms with Crippen LogP contribution < -0.4 is 0 Å². The molecular weight excluding hydrogens is 516 g/mol. The fraction of sp³-hybridized carbons (Fsp3) is 0.600. The van der Waals surface area contributed by atoms with E-state index in [1.54, 1.807) is 0 Å². The van der Waals surface area contributed by atoms with Gasteiger partial charge in [-0.05, 0) is 0 Å². The van der Waals surface area contributed by atoms with Gasteiger partial charge in [0.1, 0.15) is 30.5 Å². The van der Waals surface area contributed by atoms with E-state index in [0.29, 0.717) is 0 Å². The van der Waals surface area contributed by atoms with E-state index in [-0.39, 0.29) is 35.4 Å². The summed E-state index contributed by atoms with van der Waals surface area (Å²) in [5, 5.41) is 20.3. The maximum Gasteiger partial charge on any atom is 0.490 e. The van der Waals surface area contributed by atoms with E-state index in [4.69, 9.17) is 19.4 Å². The quantitative estimate of drug-likeness (QED) is 0.135. The molecule has 1 radical (unpaired) electrons. The van der Waals surface area contributed by atoms with Crippen LogP contribution in [0.15, 0.2) is 15.0 Å². The third kappa shape index (κ3) is 6.67. The third-order valence-corrected chi connectivity index (χ3v) is 7.69. The van der Waals surface area contributed by atoms with Crippen molar-refractivity contribution in [2.75, 3.05) is 6.61 Å². The molecule has 0 aliphatic carbocycles. The van der Waals surface area contributed by atoms with Crippen molar-refractivity contribution in [2.45, 2.75) is 30.6 Å². The monoisotopic (exact) mass is 531 g/mol. The number of nitrogens with zero attached hydrogens (tertiary/aromatic N) is 4. The molecule has 6 N–H and O–H groups in total. The number of carbonyl (C=O) groups excluding carboxylic acids is 1. The summed E-state index contributed by atoms with van der Waals surface area (Å²) in [5.74, 6) is -0.578. The molecule has 1 amide bonds. The number of fused-ring (bicyclic) bond motifs is 1. The first kappa shape index (κ1) is 28.0. The minimum Gasteiger partial charge on any atom is -0.387 e. The van der Waals surface area contributed by atoms with Crippen LogP contribution in [0.2, 0.25) is 0 Å². The molecule has 0 aromatic carbocycles. The van der Waals surface area contributed by atoms with Crippen LogP contribution in [-0.4, -0.2) is 126 Å². The molecule has 3 rings (SSSR count). The molecule has 3 aliphatic heterocycles. The van der Waals surface area contributed by atoms with Gasteiger partial charge in [-0.1, -0.05) is 0 Å². The zero-order valence-corrected chi connectivity index (χ0v) is 20.5. The fourth-order valence-electron chi connectivity index (χ4n) is 2.70. The van der Waals surface area contributed by atoms with Gasteiger partial charge in [0.05, 0.1) is 12.9 Å². The molecule has 32 heavy (non-hydrogen) atoms. The Morgan fingerprint density at radius 3 is 2.34 bits per heavy atom. The van der Waals surface area contributed by atoms with Gasteiger partial charge >= 0.3 is 23.5 Å². The number of hydrogen-bond donors (Lipinski definition) is 6. The van der Waals surface area contributed by atoms with Gasteiger partial charge in [-0.2, -0.15) is 13.6 Å². The number of aliphatic hydroxyl groups excluding tert-OH is 2. The predicted octanol–water partition coefficient (Wildman–Crippen LogP) is -2.92. The maximum absolute atomic E-state index is 11.8. The van der Waals surface area contributed by atoms with E-state index in [0.717, 1.165) is 17.6 Å². The number of phosphoric ester groups is 1. The summed E-state index contributed by atoms with van der Waals surface area (Å²) >= 11 is 0. The maximum atomic E-state index is 11.8. The number of rotatable bonds is 8. The first-order valence-corrected chi connectivity index (χ1v) is 12.5. The topological polar surface area (TPSA) is 267 Å². The molecule has 3 aliphatic rings. The van der Waals surface area contributed by atoms with Gasteiger partial charge in [0.15, 0.2) is 12.3 Å². The molecule has 22 heteroatoms. The van der Waals surface area contributed by atoms with Crippen molar-refractivity contribution in [3.8, 4) is 0 Å². The van der Waals surface area contributed by atoms with Crippen molar-refractivity contribution in [1.29, 1.82) is 0 Å².